The first-order chi connectivity index (χ1) is 6.88. The molecule has 1 heterocycles. The third-order valence-corrected chi connectivity index (χ3v) is 3.96. The van der Waals surface area contributed by atoms with E-state index in [4.69, 9.17) is 0 Å². The molecular weight excluding hydrogens is 206 g/mol. The molecule has 1 aliphatic heterocycles. The summed E-state index contributed by atoms with van der Waals surface area (Å²) in [4.78, 5) is 0. The highest BCUT2D eigenvalue weighted by atomic mass is 35.5. The van der Waals surface area contributed by atoms with Gasteiger partial charge in [0, 0.05) is 12.1 Å². The summed E-state index contributed by atoms with van der Waals surface area (Å²) in [5.74, 6) is 0. The zero-order chi connectivity index (χ0) is 9.43. The smallest absolute Gasteiger partial charge is 0.0213 e. The molecule has 1 saturated carbocycles. The van der Waals surface area contributed by atoms with E-state index < -0.39 is 0 Å². The van der Waals surface area contributed by atoms with Crippen LogP contribution in [0.2, 0.25) is 0 Å². The zero-order valence-electron chi connectivity index (χ0n) is 8.96. The first-order valence-electron chi connectivity index (χ1n) is 5.70. The van der Waals surface area contributed by atoms with E-state index in [1.165, 1.54) is 37.7 Å². The minimum atomic E-state index is 0. The van der Waals surface area contributed by atoms with Crippen molar-refractivity contribution in [2.24, 2.45) is 0 Å². The van der Waals surface area contributed by atoms with E-state index in [0.717, 1.165) is 6.54 Å². The van der Waals surface area contributed by atoms with Crippen molar-refractivity contribution in [3.05, 3.63) is 35.4 Å². The summed E-state index contributed by atoms with van der Waals surface area (Å²) in [5.41, 5.74) is 3.58. The summed E-state index contributed by atoms with van der Waals surface area (Å²) in [6, 6.07) is 8.87. The van der Waals surface area contributed by atoms with Gasteiger partial charge >= 0.3 is 0 Å². The standard InChI is InChI=1S/C13H17N.ClH/c1-2-5-12-10-14-13(7-3-8-13)9-6-11(12)4-1;/h1-2,4-5,14H,3,6-10H2;1H. The van der Waals surface area contributed by atoms with Gasteiger partial charge in [0.25, 0.3) is 0 Å². The first kappa shape index (κ1) is 11.0. The molecule has 0 aromatic heterocycles. The van der Waals surface area contributed by atoms with E-state index in [1.807, 2.05) is 0 Å². The molecule has 1 N–H and O–H groups in total. The van der Waals surface area contributed by atoms with Crippen LogP contribution in [0.25, 0.3) is 0 Å². The van der Waals surface area contributed by atoms with Gasteiger partial charge in [0.15, 0.2) is 0 Å². The Morgan fingerprint density at radius 2 is 1.73 bits per heavy atom. The summed E-state index contributed by atoms with van der Waals surface area (Å²) in [6.07, 6.45) is 6.80. The quantitative estimate of drug-likeness (QED) is 0.713. The molecule has 0 radical (unpaired) electrons. The van der Waals surface area contributed by atoms with E-state index in [2.05, 4.69) is 29.6 Å². The number of nitrogens with one attached hydrogen (secondary N) is 1. The lowest BCUT2D eigenvalue weighted by Gasteiger charge is -2.42. The summed E-state index contributed by atoms with van der Waals surface area (Å²) >= 11 is 0. The summed E-state index contributed by atoms with van der Waals surface area (Å²) in [6.45, 7) is 1.08. The topological polar surface area (TPSA) is 12.0 Å². The Kier molecular flexibility index (Phi) is 3.03. The van der Waals surface area contributed by atoms with Crippen LogP contribution in [-0.4, -0.2) is 5.54 Å². The molecule has 15 heavy (non-hydrogen) atoms. The highest BCUT2D eigenvalue weighted by Crippen LogP contribution is 2.38. The van der Waals surface area contributed by atoms with Gasteiger partial charge in [-0.3, -0.25) is 0 Å². The van der Waals surface area contributed by atoms with Crippen LogP contribution >= 0.6 is 12.4 Å². The van der Waals surface area contributed by atoms with Crippen LogP contribution in [0, 0.1) is 0 Å². The van der Waals surface area contributed by atoms with E-state index >= 15 is 0 Å². The van der Waals surface area contributed by atoms with Crippen LogP contribution in [0.3, 0.4) is 0 Å². The minimum absolute atomic E-state index is 0. The van der Waals surface area contributed by atoms with E-state index in [1.54, 1.807) is 5.56 Å². The van der Waals surface area contributed by atoms with Crippen LogP contribution in [-0.2, 0) is 13.0 Å². The second kappa shape index (κ2) is 4.15. The Morgan fingerprint density at radius 1 is 1.00 bits per heavy atom. The number of hydrogen-bond acceptors (Lipinski definition) is 1. The van der Waals surface area contributed by atoms with E-state index in [9.17, 15) is 0 Å². The fourth-order valence-electron chi connectivity index (χ4n) is 2.75. The number of fused-ring (bicyclic) bond motifs is 1. The van der Waals surface area contributed by atoms with Crippen LogP contribution in [0.5, 0.6) is 0 Å². The van der Waals surface area contributed by atoms with E-state index in [0.29, 0.717) is 5.54 Å². The first-order valence-corrected chi connectivity index (χ1v) is 5.70. The second-order valence-electron chi connectivity index (χ2n) is 4.76. The Labute approximate surface area is 97.7 Å². The molecule has 1 aromatic carbocycles. The highest BCUT2D eigenvalue weighted by molar-refractivity contribution is 5.85. The van der Waals surface area contributed by atoms with Crippen LogP contribution < -0.4 is 5.32 Å². The fraction of sp³-hybridized carbons (Fsp3) is 0.538. The molecule has 0 amide bonds. The lowest BCUT2D eigenvalue weighted by molar-refractivity contribution is 0.173. The molecule has 0 saturated heterocycles. The van der Waals surface area contributed by atoms with Crippen molar-refractivity contribution >= 4 is 12.4 Å². The third kappa shape index (κ3) is 1.91. The Morgan fingerprint density at radius 3 is 2.40 bits per heavy atom. The van der Waals surface area contributed by atoms with Crippen molar-refractivity contribution in [1.29, 1.82) is 0 Å². The lowest BCUT2D eigenvalue weighted by Crippen LogP contribution is -2.49. The molecule has 3 rings (SSSR count). The van der Waals surface area contributed by atoms with Gasteiger partial charge in [-0.25, -0.2) is 0 Å². The molecule has 2 aliphatic rings. The number of rotatable bonds is 0. The average Bonchev–Trinajstić information content (AvgIpc) is 2.36. The molecule has 0 unspecified atom stereocenters. The maximum Gasteiger partial charge on any atom is 0.0213 e. The molecule has 1 aliphatic carbocycles. The van der Waals surface area contributed by atoms with Gasteiger partial charge in [-0.2, -0.15) is 0 Å². The average molecular weight is 224 g/mol. The molecule has 0 atom stereocenters. The Bertz CT molecular complexity index is 315. The van der Waals surface area contributed by atoms with Gasteiger partial charge in [0.1, 0.15) is 0 Å². The molecule has 1 fully saturated rings. The van der Waals surface area contributed by atoms with Crippen molar-refractivity contribution in [2.45, 2.75) is 44.2 Å². The van der Waals surface area contributed by atoms with Gasteiger partial charge in [-0.15, -0.1) is 12.4 Å². The van der Waals surface area contributed by atoms with Crippen molar-refractivity contribution in [1.82, 2.24) is 5.32 Å². The number of aryl methyl sites for hydroxylation is 1. The van der Waals surface area contributed by atoms with Crippen LogP contribution in [0.15, 0.2) is 24.3 Å². The minimum Gasteiger partial charge on any atom is -0.307 e. The van der Waals surface area contributed by atoms with Crippen molar-refractivity contribution in [3.8, 4) is 0 Å². The van der Waals surface area contributed by atoms with Gasteiger partial charge < -0.3 is 5.32 Å². The van der Waals surface area contributed by atoms with Crippen LogP contribution in [0.4, 0.5) is 0 Å². The maximum absolute atomic E-state index is 3.75. The lowest BCUT2D eigenvalue weighted by atomic mass is 9.74. The summed E-state index contributed by atoms with van der Waals surface area (Å²) in [7, 11) is 0. The van der Waals surface area contributed by atoms with Gasteiger partial charge in [-0.1, -0.05) is 24.3 Å². The monoisotopic (exact) mass is 223 g/mol. The molecule has 1 spiro atoms. The maximum atomic E-state index is 3.75. The van der Waals surface area contributed by atoms with Gasteiger partial charge in [0.05, 0.1) is 0 Å². The zero-order valence-corrected chi connectivity index (χ0v) is 9.78. The summed E-state index contributed by atoms with van der Waals surface area (Å²) in [5, 5.41) is 3.75. The predicted molar refractivity (Wildman–Crippen MR) is 65.4 cm³/mol. The fourth-order valence-corrected chi connectivity index (χ4v) is 2.75. The van der Waals surface area contributed by atoms with Gasteiger partial charge in [0.2, 0.25) is 0 Å². The molecule has 2 heteroatoms. The third-order valence-electron chi connectivity index (χ3n) is 3.96. The molecule has 1 aromatic rings. The van der Waals surface area contributed by atoms with E-state index in [-0.39, 0.29) is 12.4 Å². The Balaban J connectivity index is 0.000000853. The number of hydrogen-bond donors (Lipinski definition) is 1. The molecule has 0 bridgehead atoms. The van der Waals surface area contributed by atoms with Crippen molar-refractivity contribution in [2.75, 3.05) is 0 Å². The predicted octanol–water partition coefficient (Wildman–Crippen LogP) is 3.07. The molecule has 82 valence electrons. The largest absolute Gasteiger partial charge is 0.307 e. The normalized spacial score (nSPS) is 22.1. The number of halogens is 1. The number of benzene rings is 1. The highest BCUT2D eigenvalue weighted by Gasteiger charge is 2.37. The van der Waals surface area contributed by atoms with Crippen molar-refractivity contribution < 1.29 is 0 Å². The van der Waals surface area contributed by atoms with Gasteiger partial charge in [-0.05, 0) is 43.2 Å². The Hall–Kier alpha value is -0.530. The molecule has 1 nitrogen and oxygen atoms in total. The SMILES string of the molecule is Cl.c1ccc2c(c1)CCC1(CCC1)NC2. The second-order valence-corrected chi connectivity index (χ2v) is 4.76. The molecular formula is C13H18ClN. The summed E-state index contributed by atoms with van der Waals surface area (Å²) < 4.78 is 0. The van der Waals surface area contributed by atoms with Crippen molar-refractivity contribution in [3.63, 3.8) is 0 Å². The van der Waals surface area contributed by atoms with Crippen LogP contribution in [0.1, 0.15) is 36.8 Å².